The molecule has 1 aliphatic rings. The van der Waals surface area contributed by atoms with E-state index in [4.69, 9.17) is 5.73 Å². The van der Waals surface area contributed by atoms with E-state index in [0.29, 0.717) is 5.56 Å². The number of alkyl halides is 3. The molecule has 0 unspecified atom stereocenters. The minimum absolute atomic E-state index is 0.0911. The van der Waals surface area contributed by atoms with Crippen molar-refractivity contribution in [2.75, 3.05) is 0 Å². The van der Waals surface area contributed by atoms with Gasteiger partial charge < -0.3 is 5.73 Å². The summed E-state index contributed by atoms with van der Waals surface area (Å²) in [6, 6.07) is 2.52. The molecule has 1 atom stereocenters. The molecule has 1 fully saturated rings. The van der Waals surface area contributed by atoms with Gasteiger partial charge in [0.15, 0.2) is 0 Å². The zero-order chi connectivity index (χ0) is 12.8. The molecule has 0 bridgehead atoms. The molecule has 1 saturated carbocycles. The molecule has 17 heavy (non-hydrogen) atoms. The van der Waals surface area contributed by atoms with Gasteiger partial charge in [0.1, 0.15) is 5.82 Å². The van der Waals surface area contributed by atoms with Gasteiger partial charge in [-0.15, -0.1) is 0 Å². The lowest BCUT2D eigenvalue weighted by Gasteiger charge is -2.20. The van der Waals surface area contributed by atoms with Crippen molar-refractivity contribution < 1.29 is 17.6 Å². The lowest BCUT2D eigenvalue weighted by molar-refractivity contribution is -0.140. The van der Waals surface area contributed by atoms with Crippen molar-refractivity contribution in [3.63, 3.8) is 0 Å². The fourth-order valence-corrected chi connectivity index (χ4v) is 1.87. The Morgan fingerprint density at radius 1 is 1.29 bits per heavy atom. The van der Waals surface area contributed by atoms with Crippen LogP contribution in [-0.2, 0) is 6.18 Å². The average Bonchev–Trinajstić information content (AvgIpc) is 2.94. The first-order chi connectivity index (χ1) is 7.74. The van der Waals surface area contributed by atoms with Crippen LogP contribution in [0.3, 0.4) is 0 Å². The highest BCUT2D eigenvalue weighted by molar-refractivity contribution is 5.30. The quantitative estimate of drug-likeness (QED) is 0.793. The van der Waals surface area contributed by atoms with Crippen molar-refractivity contribution in [3.05, 3.63) is 35.1 Å². The molecule has 0 radical (unpaired) electrons. The van der Waals surface area contributed by atoms with Gasteiger partial charge in [0.05, 0.1) is 5.56 Å². The summed E-state index contributed by atoms with van der Waals surface area (Å²) in [5.41, 5.74) is 5.01. The lowest BCUT2D eigenvalue weighted by Crippen LogP contribution is -2.20. The number of halogens is 4. The summed E-state index contributed by atoms with van der Waals surface area (Å²) in [6.45, 7) is 1.95. The Bertz CT molecular complexity index is 435. The first-order valence-corrected chi connectivity index (χ1v) is 5.36. The Morgan fingerprint density at radius 3 is 2.29 bits per heavy atom. The molecular weight excluding hydrogens is 234 g/mol. The molecule has 0 amide bonds. The third kappa shape index (κ3) is 2.29. The second-order valence-electron chi connectivity index (χ2n) is 4.87. The Hall–Kier alpha value is -1.10. The minimum Gasteiger partial charge on any atom is -0.323 e. The fraction of sp³-hybridized carbons (Fsp3) is 0.500. The Balaban J connectivity index is 2.31. The largest absolute Gasteiger partial charge is 0.419 e. The van der Waals surface area contributed by atoms with Gasteiger partial charge in [0, 0.05) is 6.04 Å². The molecule has 5 heteroatoms. The topological polar surface area (TPSA) is 26.0 Å². The number of rotatable bonds is 2. The third-order valence-corrected chi connectivity index (χ3v) is 3.45. The normalized spacial score (nSPS) is 20.1. The molecule has 2 rings (SSSR count). The maximum Gasteiger partial charge on any atom is 0.419 e. The van der Waals surface area contributed by atoms with Crippen molar-refractivity contribution in [3.8, 4) is 0 Å². The predicted molar refractivity (Wildman–Crippen MR) is 55.7 cm³/mol. The van der Waals surface area contributed by atoms with Gasteiger partial charge in [-0.25, -0.2) is 4.39 Å². The summed E-state index contributed by atoms with van der Waals surface area (Å²) in [5, 5.41) is 0. The smallest absolute Gasteiger partial charge is 0.323 e. The number of nitrogens with two attached hydrogens (primary N) is 1. The summed E-state index contributed by atoms with van der Waals surface area (Å²) < 4.78 is 50.4. The molecule has 94 valence electrons. The standard InChI is InChI=1S/C12H13F4N/c1-11(4-5-11)10(17)7-2-3-8(9(13)6-7)12(14,15)16/h2-3,6,10H,4-5,17H2,1H3/t10-/m0/s1. The molecular formula is C12H13F4N. The van der Waals surface area contributed by atoms with E-state index in [1.54, 1.807) is 0 Å². The van der Waals surface area contributed by atoms with Crippen molar-refractivity contribution in [1.29, 1.82) is 0 Å². The Kier molecular flexibility index (Phi) is 2.69. The highest BCUT2D eigenvalue weighted by atomic mass is 19.4. The van der Waals surface area contributed by atoms with Gasteiger partial charge in [-0.05, 0) is 36.0 Å². The van der Waals surface area contributed by atoms with Crippen LogP contribution in [-0.4, -0.2) is 0 Å². The summed E-state index contributed by atoms with van der Waals surface area (Å²) >= 11 is 0. The second-order valence-corrected chi connectivity index (χ2v) is 4.87. The van der Waals surface area contributed by atoms with Gasteiger partial charge in [0.25, 0.3) is 0 Å². The van der Waals surface area contributed by atoms with E-state index in [2.05, 4.69) is 0 Å². The summed E-state index contributed by atoms with van der Waals surface area (Å²) in [5.74, 6) is -1.25. The molecule has 1 nitrogen and oxygen atoms in total. The van der Waals surface area contributed by atoms with Crippen LogP contribution in [0.2, 0.25) is 0 Å². The van der Waals surface area contributed by atoms with Crippen LogP contribution in [0, 0.1) is 11.2 Å². The van der Waals surface area contributed by atoms with Crippen LogP contribution in [0.1, 0.15) is 36.9 Å². The number of benzene rings is 1. The molecule has 0 heterocycles. The Morgan fingerprint density at radius 2 is 1.88 bits per heavy atom. The van der Waals surface area contributed by atoms with Gasteiger partial charge in [-0.2, -0.15) is 13.2 Å². The molecule has 0 saturated heterocycles. The zero-order valence-electron chi connectivity index (χ0n) is 9.31. The van der Waals surface area contributed by atoms with Gasteiger partial charge in [-0.3, -0.25) is 0 Å². The molecule has 1 aromatic carbocycles. The summed E-state index contributed by atoms with van der Waals surface area (Å²) in [7, 11) is 0. The molecule has 2 N–H and O–H groups in total. The van der Waals surface area contributed by atoms with E-state index in [-0.39, 0.29) is 5.41 Å². The van der Waals surface area contributed by atoms with Crippen LogP contribution in [0.4, 0.5) is 17.6 Å². The summed E-state index contributed by atoms with van der Waals surface area (Å²) in [4.78, 5) is 0. The zero-order valence-corrected chi connectivity index (χ0v) is 9.31. The SMILES string of the molecule is CC1([C@@H](N)c2ccc(C(F)(F)F)c(F)c2)CC1. The number of hydrogen-bond acceptors (Lipinski definition) is 1. The van der Waals surface area contributed by atoms with Crippen LogP contribution in [0.25, 0.3) is 0 Å². The van der Waals surface area contributed by atoms with Crippen molar-refractivity contribution in [2.24, 2.45) is 11.1 Å². The summed E-state index contributed by atoms with van der Waals surface area (Å²) in [6.07, 6.45) is -2.80. The van der Waals surface area contributed by atoms with Crippen LogP contribution < -0.4 is 5.73 Å². The predicted octanol–water partition coefficient (Wildman–Crippen LogP) is 3.64. The van der Waals surface area contributed by atoms with E-state index >= 15 is 0 Å². The monoisotopic (exact) mass is 247 g/mol. The van der Waals surface area contributed by atoms with Crippen molar-refractivity contribution in [2.45, 2.75) is 32.0 Å². The lowest BCUT2D eigenvalue weighted by atomic mass is 9.92. The highest BCUT2D eigenvalue weighted by Crippen LogP contribution is 2.53. The molecule has 0 aliphatic heterocycles. The minimum atomic E-state index is -4.66. The molecule has 1 aliphatic carbocycles. The van der Waals surface area contributed by atoms with E-state index in [0.717, 1.165) is 25.0 Å². The van der Waals surface area contributed by atoms with Crippen molar-refractivity contribution >= 4 is 0 Å². The Labute approximate surface area is 96.6 Å². The first-order valence-electron chi connectivity index (χ1n) is 5.36. The van der Waals surface area contributed by atoms with Gasteiger partial charge >= 0.3 is 6.18 Å². The fourth-order valence-electron chi connectivity index (χ4n) is 1.87. The first kappa shape index (κ1) is 12.4. The maximum atomic E-state index is 13.3. The molecule has 0 aromatic heterocycles. The van der Waals surface area contributed by atoms with E-state index in [9.17, 15) is 17.6 Å². The van der Waals surface area contributed by atoms with Gasteiger partial charge in [-0.1, -0.05) is 13.0 Å². The van der Waals surface area contributed by atoms with E-state index < -0.39 is 23.6 Å². The van der Waals surface area contributed by atoms with Gasteiger partial charge in [0.2, 0.25) is 0 Å². The third-order valence-electron chi connectivity index (χ3n) is 3.45. The van der Waals surface area contributed by atoms with Crippen molar-refractivity contribution in [1.82, 2.24) is 0 Å². The average molecular weight is 247 g/mol. The molecule has 1 aromatic rings. The van der Waals surface area contributed by atoms with Crippen LogP contribution in [0.15, 0.2) is 18.2 Å². The van der Waals surface area contributed by atoms with E-state index in [1.165, 1.54) is 6.07 Å². The second kappa shape index (κ2) is 3.70. The van der Waals surface area contributed by atoms with Crippen LogP contribution in [0.5, 0.6) is 0 Å². The molecule has 0 spiro atoms. The number of hydrogen-bond donors (Lipinski definition) is 1. The maximum absolute atomic E-state index is 13.3. The van der Waals surface area contributed by atoms with Crippen LogP contribution >= 0.6 is 0 Å². The highest BCUT2D eigenvalue weighted by Gasteiger charge is 2.44. The van der Waals surface area contributed by atoms with E-state index in [1.807, 2.05) is 6.92 Å².